The maximum absolute atomic E-state index is 13.1. The van der Waals surface area contributed by atoms with E-state index in [-0.39, 0.29) is 5.82 Å². The first-order valence-corrected chi connectivity index (χ1v) is 3.88. The minimum Gasteiger partial charge on any atom is -0.223 e. The monoisotopic (exact) mass is 177 g/mol. The number of hydrogen-bond donors (Lipinski definition) is 0. The van der Waals surface area contributed by atoms with Crippen molar-refractivity contribution in [1.29, 1.82) is 0 Å². The van der Waals surface area contributed by atoms with E-state index in [1.807, 2.05) is 0 Å². The molecule has 0 saturated carbocycles. The number of halogens is 1. The van der Waals surface area contributed by atoms with Crippen LogP contribution in [0, 0.1) is 12.7 Å². The fraction of sp³-hybridized carbons (Fsp3) is 0.111. The number of rotatable bonds is 1. The van der Waals surface area contributed by atoms with E-state index in [2.05, 4.69) is 10.1 Å². The predicted molar refractivity (Wildman–Crippen MR) is 46.1 cm³/mol. The fourth-order valence-corrected chi connectivity index (χ4v) is 1.07. The van der Waals surface area contributed by atoms with Crippen LogP contribution in [0.15, 0.2) is 30.9 Å². The lowest BCUT2D eigenvalue weighted by Crippen LogP contribution is -1.95. The predicted octanol–water partition coefficient (Wildman–Crippen LogP) is 1.71. The first kappa shape index (κ1) is 7.91. The van der Waals surface area contributed by atoms with Gasteiger partial charge in [-0.2, -0.15) is 5.10 Å². The van der Waals surface area contributed by atoms with Gasteiger partial charge in [0.2, 0.25) is 0 Å². The summed E-state index contributed by atoms with van der Waals surface area (Å²) in [6, 6.07) is 4.95. The highest BCUT2D eigenvalue weighted by molar-refractivity contribution is 5.33. The molecule has 3 nitrogen and oxygen atoms in total. The van der Waals surface area contributed by atoms with Crippen molar-refractivity contribution >= 4 is 0 Å². The highest BCUT2D eigenvalue weighted by atomic mass is 19.1. The summed E-state index contributed by atoms with van der Waals surface area (Å²) < 4.78 is 14.6. The van der Waals surface area contributed by atoms with Crippen LogP contribution in [0.4, 0.5) is 4.39 Å². The Labute approximate surface area is 74.8 Å². The van der Waals surface area contributed by atoms with Crippen LogP contribution in [0.25, 0.3) is 5.69 Å². The van der Waals surface area contributed by atoms with Gasteiger partial charge < -0.3 is 0 Å². The van der Waals surface area contributed by atoms with Gasteiger partial charge in [0.15, 0.2) is 0 Å². The first-order valence-electron chi connectivity index (χ1n) is 3.88. The molecule has 13 heavy (non-hydrogen) atoms. The molecule has 0 bridgehead atoms. The van der Waals surface area contributed by atoms with Gasteiger partial charge in [-0.25, -0.2) is 14.1 Å². The molecule has 2 rings (SSSR count). The Kier molecular flexibility index (Phi) is 1.81. The van der Waals surface area contributed by atoms with Crippen LogP contribution < -0.4 is 0 Å². The minimum atomic E-state index is -0.229. The molecule has 1 aromatic carbocycles. The number of nitrogens with zero attached hydrogens (tertiary/aromatic N) is 3. The van der Waals surface area contributed by atoms with E-state index in [4.69, 9.17) is 0 Å². The van der Waals surface area contributed by atoms with E-state index in [9.17, 15) is 4.39 Å². The quantitative estimate of drug-likeness (QED) is 0.664. The van der Waals surface area contributed by atoms with Gasteiger partial charge >= 0.3 is 0 Å². The summed E-state index contributed by atoms with van der Waals surface area (Å²) in [6.45, 7) is 1.72. The Morgan fingerprint density at radius 3 is 2.85 bits per heavy atom. The Morgan fingerprint density at radius 2 is 2.23 bits per heavy atom. The van der Waals surface area contributed by atoms with Gasteiger partial charge in [-0.05, 0) is 24.6 Å². The number of aromatic nitrogens is 3. The maximum atomic E-state index is 13.1. The van der Waals surface area contributed by atoms with Gasteiger partial charge in [0.1, 0.15) is 18.5 Å². The van der Waals surface area contributed by atoms with Crippen LogP contribution in [-0.4, -0.2) is 14.8 Å². The average molecular weight is 177 g/mol. The Hall–Kier alpha value is -1.71. The van der Waals surface area contributed by atoms with Crippen molar-refractivity contribution < 1.29 is 4.39 Å². The van der Waals surface area contributed by atoms with Crippen LogP contribution >= 0.6 is 0 Å². The summed E-state index contributed by atoms with van der Waals surface area (Å²) in [5, 5.41) is 3.90. The molecule has 0 aliphatic carbocycles. The van der Waals surface area contributed by atoms with E-state index in [0.29, 0.717) is 11.3 Å². The fourth-order valence-electron chi connectivity index (χ4n) is 1.07. The van der Waals surface area contributed by atoms with Gasteiger partial charge in [-0.15, -0.1) is 0 Å². The van der Waals surface area contributed by atoms with Gasteiger partial charge in [-0.1, -0.05) is 6.07 Å². The van der Waals surface area contributed by atoms with Crippen LogP contribution in [0.5, 0.6) is 0 Å². The van der Waals surface area contributed by atoms with E-state index < -0.39 is 0 Å². The Morgan fingerprint density at radius 1 is 1.38 bits per heavy atom. The molecule has 66 valence electrons. The molecule has 0 aliphatic heterocycles. The molecular weight excluding hydrogens is 169 g/mol. The molecule has 0 atom stereocenters. The Bertz CT molecular complexity index is 409. The smallest absolute Gasteiger partial charge is 0.138 e. The average Bonchev–Trinajstić information content (AvgIpc) is 2.62. The lowest BCUT2D eigenvalue weighted by Gasteiger charge is -2.01. The minimum absolute atomic E-state index is 0.229. The van der Waals surface area contributed by atoms with Crippen molar-refractivity contribution in [2.24, 2.45) is 0 Å². The molecule has 0 fully saturated rings. The summed E-state index contributed by atoms with van der Waals surface area (Å²) >= 11 is 0. The van der Waals surface area contributed by atoms with E-state index in [1.165, 1.54) is 23.4 Å². The summed E-state index contributed by atoms with van der Waals surface area (Å²) in [5.74, 6) is -0.229. The van der Waals surface area contributed by atoms with Crippen LogP contribution in [0.2, 0.25) is 0 Å². The Balaban J connectivity index is 2.49. The van der Waals surface area contributed by atoms with Crippen molar-refractivity contribution in [2.75, 3.05) is 0 Å². The molecule has 0 aliphatic rings. The number of hydrogen-bond acceptors (Lipinski definition) is 2. The second-order valence-corrected chi connectivity index (χ2v) is 2.77. The SMILES string of the molecule is Cc1ccc(-n2cncn2)cc1F. The highest BCUT2D eigenvalue weighted by Gasteiger charge is 2.00. The van der Waals surface area contributed by atoms with E-state index in [1.54, 1.807) is 19.1 Å². The highest BCUT2D eigenvalue weighted by Crippen LogP contribution is 2.11. The molecule has 0 spiro atoms. The number of aryl methyl sites for hydroxylation is 1. The topological polar surface area (TPSA) is 30.7 Å². The summed E-state index contributed by atoms with van der Waals surface area (Å²) in [4.78, 5) is 3.78. The molecule has 1 aromatic heterocycles. The maximum Gasteiger partial charge on any atom is 0.138 e. The van der Waals surface area contributed by atoms with Gasteiger partial charge in [0.25, 0.3) is 0 Å². The van der Waals surface area contributed by atoms with Crippen LogP contribution in [0.1, 0.15) is 5.56 Å². The second kappa shape index (κ2) is 2.97. The second-order valence-electron chi connectivity index (χ2n) is 2.77. The molecule has 4 heteroatoms. The van der Waals surface area contributed by atoms with Crippen molar-refractivity contribution in [3.05, 3.63) is 42.2 Å². The van der Waals surface area contributed by atoms with Gasteiger partial charge in [0.05, 0.1) is 5.69 Å². The largest absolute Gasteiger partial charge is 0.223 e. The molecular formula is C9H8FN3. The molecule has 0 saturated heterocycles. The lowest BCUT2D eigenvalue weighted by molar-refractivity contribution is 0.616. The molecule has 0 N–H and O–H groups in total. The van der Waals surface area contributed by atoms with Crippen molar-refractivity contribution in [1.82, 2.24) is 14.8 Å². The number of benzene rings is 1. The summed E-state index contributed by atoms with van der Waals surface area (Å²) in [7, 11) is 0. The van der Waals surface area contributed by atoms with Crippen LogP contribution in [-0.2, 0) is 0 Å². The van der Waals surface area contributed by atoms with Crippen molar-refractivity contribution in [2.45, 2.75) is 6.92 Å². The molecule has 0 radical (unpaired) electrons. The van der Waals surface area contributed by atoms with Crippen molar-refractivity contribution in [3.63, 3.8) is 0 Å². The third kappa shape index (κ3) is 1.42. The molecule has 2 aromatic rings. The zero-order valence-electron chi connectivity index (χ0n) is 7.11. The molecule has 0 unspecified atom stereocenters. The third-order valence-electron chi connectivity index (χ3n) is 1.84. The van der Waals surface area contributed by atoms with E-state index >= 15 is 0 Å². The lowest BCUT2D eigenvalue weighted by atomic mass is 10.2. The zero-order valence-corrected chi connectivity index (χ0v) is 7.11. The molecule has 0 amide bonds. The van der Waals surface area contributed by atoms with Crippen molar-refractivity contribution in [3.8, 4) is 5.69 Å². The summed E-state index contributed by atoms with van der Waals surface area (Å²) in [6.07, 6.45) is 2.95. The van der Waals surface area contributed by atoms with Crippen LogP contribution in [0.3, 0.4) is 0 Å². The van der Waals surface area contributed by atoms with Gasteiger partial charge in [-0.3, -0.25) is 0 Å². The molecule has 1 heterocycles. The van der Waals surface area contributed by atoms with E-state index in [0.717, 1.165) is 0 Å². The third-order valence-corrected chi connectivity index (χ3v) is 1.84. The first-order chi connectivity index (χ1) is 6.27. The standard InChI is InChI=1S/C9H8FN3/c1-7-2-3-8(4-9(7)10)13-6-11-5-12-13/h2-6H,1H3. The van der Waals surface area contributed by atoms with Gasteiger partial charge in [0, 0.05) is 0 Å². The zero-order chi connectivity index (χ0) is 9.26. The normalized spacial score (nSPS) is 10.3. The summed E-state index contributed by atoms with van der Waals surface area (Å²) in [5.41, 5.74) is 1.31.